The molecule has 0 aromatic carbocycles. The van der Waals surface area contributed by atoms with Crippen LogP contribution in [0.3, 0.4) is 0 Å². The van der Waals surface area contributed by atoms with E-state index in [4.69, 9.17) is 5.73 Å². The van der Waals surface area contributed by atoms with Crippen LogP contribution in [0.2, 0.25) is 0 Å². The first-order valence-corrected chi connectivity index (χ1v) is 5.51. The van der Waals surface area contributed by atoms with Gasteiger partial charge in [0.1, 0.15) is 0 Å². The minimum atomic E-state index is -0.0886. The first-order chi connectivity index (χ1) is 6.86. The van der Waals surface area contributed by atoms with Crippen molar-refractivity contribution in [3.05, 3.63) is 0 Å². The first-order valence-electron chi connectivity index (χ1n) is 5.51. The molecular formula is C11H25N3O. The van der Waals surface area contributed by atoms with Gasteiger partial charge in [-0.1, -0.05) is 6.92 Å². The van der Waals surface area contributed by atoms with Crippen LogP contribution in [0.4, 0.5) is 0 Å². The lowest BCUT2D eigenvalue weighted by Crippen LogP contribution is -2.40. The fourth-order valence-electron chi connectivity index (χ4n) is 1.31. The van der Waals surface area contributed by atoms with E-state index < -0.39 is 0 Å². The van der Waals surface area contributed by atoms with Gasteiger partial charge in [-0.2, -0.15) is 0 Å². The highest BCUT2D eigenvalue weighted by molar-refractivity contribution is 5.78. The van der Waals surface area contributed by atoms with Gasteiger partial charge in [-0.15, -0.1) is 0 Å². The Kier molecular flexibility index (Phi) is 6.52. The number of hydrogen-bond donors (Lipinski definition) is 1. The van der Waals surface area contributed by atoms with Gasteiger partial charge in [0.15, 0.2) is 0 Å². The zero-order valence-electron chi connectivity index (χ0n) is 10.7. The summed E-state index contributed by atoms with van der Waals surface area (Å²) < 4.78 is 0. The third kappa shape index (κ3) is 5.74. The predicted octanol–water partition coefficient (Wildman–Crippen LogP) is 0.380. The predicted molar refractivity (Wildman–Crippen MR) is 63.6 cm³/mol. The Balaban J connectivity index is 3.89. The van der Waals surface area contributed by atoms with Gasteiger partial charge in [0.2, 0.25) is 5.91 Å². The van der Waals surface area contributed by atoms with Crippen molar-refractivity contribution in [2.24, 2.45) is 11.7 Å². The summed E-state index contributed by atoms with van der Waals surface area (Å²) in [5, 5.41) is 0. The second kappa shape index (κ2) is 6.80. The van der Waals surface area contributed by atoms with Crippen LogP contribution in [-0.2, 0) is 4.79 Å². The third-order valence-corrected chi connectivity index (χ3v) is 2.65. The quantitative estimate of drug-likeness (QED) is 0.697. The second-order valence-corrected chi connectivity index (χ2v) is 4.56. The number of hydrogen-bond acceptors (Lipinski definition) is 3. The molecule has 2 unspecified atom stereocenters. The summed E-state index contributed by atoms with van der Waals surface area (Å²) in [7, 11) is 5.91. The average molecular weight is 215 g/mol. The molecule has 1 amide bonds. The fourth-order valence-corrected chi connectivity index (χ4v) is 1.31. The molecule has 0 saturated carbocycles. The Morgan fingerprint density at radius 1 is 1.20 bits per heavy atom. The summed E-state index contributed by atoms with van der Waals surface area (Å²) in [6, 6.07) is -0.0752. The van der Waals surface area contributed by atoms with Crippen molar-refractivity contribution in [1.29, 1.82) is 0 Å². The molecule has 4 heteroatoms. The van der Waals surface area contributed by atoms with E-state index in [9.17, 15) is 4.79 Å². The van der Waals surface area contributed by atoms with Crippen molar-refractivity contribution < 1.29 is 4.79 Å². The molecule has 0 radical (unpaired) electrons. The van der Waals surface area contributed by atoms with Crippen molar-refractivity contribution >= 4 is 5.91 Å². The lowest BCUT2D eigenvalue weighted by Gasteiger charge is -2.24. The van der Waals surface area contributed by atoms with Crippen LogP contribution < -0.4 is 5.73 Å². The monoisotopic (exact) mass is 215 g/mol. The summed E-state index contributed by atoms with van der Waals surface area (Å²) in [6.45, 7) is 5.56. The number of nitrogens with two attached hydrogens (primary N) is 1. The molecular weight excluding hydrogens is 190 g/mol. The highest BCUT2D eigenvalue weighted by atomic mass is 16.2. The van der Waals surface area contributed by atoms with E-state index >= 15 is 0 Å². The first kappa shape index (κ1) is 14.4. The summed E-state index contributed by atoms with van der Waals surface area (Å²) in [5.41, 5.74) is 5.70. The molecule has 0 aliphatic heterocycles. The van der Waals surface area contributed by atoms with E-state index in [2.05, 4.69) is 4.90 Å². The van der Waals surface area contributed by atoms with Crippen LogP contribution in [0.15, 0.2) is 0 Å². The van der Waals surface area contributed by atoms with Gasteiger partial charge < -0.3 is 15.5 Å². The molecule has 2 N–H and O–H groups in total. The number of carbonyl (C=O) groups excluding carboxylic acids is 1. The SMILES string of the molecule is CC(N)C(C)C(=O)N(C)CCCN(C)C. The average Bonchev–Trinajstić information content (AvgIpc) is 2.14. The van der Waals surface area contributed by atoms with Crippen LogP contribution in [0.1, 0.15) is 20.3 Å². The van der Waals surface area contributed by atoms with Gasteiger partial charge in [0.05, 0.1) is 5.92 Å². The standard InChI is InChI=1S/C11H25N3O/c1-9(10(2)12)11(15)14(5)8-6-7-13(3)4/h9-10H,6-8,12H2,1-5H3. The number of amides is 1. The zero-order chi connectivity index (χ0) is 12.0. The lowest BCUT2D eigenvalue weighted by molar-refractivity contribution is -0.134. The summed E-state index contributed by atoms with van der Waals surface area (Å²) in [4.78, 5) is 15.7. The molecule has 0 heterocycles. The molecule has 4 nitrogen and oxygen atoms in total. The second-order valence-electron chi connectivity index (χ2n) is 4.56. The van der Waals surface area contributed by atoms with Crippen LogP contribution in [0.25, 0.3) is 0 Å². The molecule has 0 saturated heterocycles. The minimum Gasteiger partial charge on any atom is -0.345 e. The number of carbonyl (C=O) groups is 1. The normalized spacial score (nSPS) is 15.1. The topological polar surface area (TPSA) is 49.6 Å². The molecule has 90 valence electrons. The molecule has 0 aromatic heterocycles. The van der Waals surface area contributed by atoms with E-state index in [-0.39, 0.29) is 17.9 Å². The summed E-state index contributed by atoms with van der Waals surface area (Å²) in [5.74, 6) is 0.0538. The van der Waals surface area contributed by atoms with Gasteiger partial charge >= 0.3 is 0 Å². The molecule has 0 fully saturated rings. The Bertz CT molecular complexity index is 192. The van der Waals surface area contributed by atoms with Gasteiger partial charge in [-0.3, -0.25) is 4.79 Å². The summed E-state index contributed by atoms with van der Waals surface area (Å²) >= 11 is 0. The van der Waals surface area contributed by atoms with E-state index in [1.54, 1.807) is 4.90 Å². The summed E-state index contributed by atoms with van der Waals surface area (Å²) in [6.07, 6.45) is 1.00. The van der Waals surface area contributed by atoms with E-state index in [0.717, 1.165) is 19.5 Å². The minimum absolute atomic E-state index is 0.0752. The van der Waals surface area contributed by atoms with E-state index in [1.807, 2.05) is 35.0 Å². The molecule has 15 heavy (non-hydrogen) atoms. The van der Waals surface area contributed by atoms with Crippen LogP contribution in [-0.4, -0.2) is 56.0 Å². The van der Waals surface area contributed by atoms with E-state index in [0.29, 0.717) is 0 Å². The molecule has 2 atom stereocenters. The maximum atomic E-state index is 11.8. The lowest BCUT2D eigenvalue weighted by atomic mass is 10.0. The van der Waals surface area contributed by atoms with Crippen molar-refractivity contribution in [2.75, 3.05) is 34.2 Å². The van der Waals surface area contributed by atoms with Gasteiger partial charge in [0, 0.05) is 19.6 Å². The van der Waals surface area contributed by atoms with Gasteiger partial charge in [-0.25, -0.2) is 0 Å². The Morgan fingerprint density at radius 2 is 1.73 bits per heavy atom. The number of rotatable bonds is 6. The van der Waals surface area contributed by atoms with Gasteiger partial charge in [0.25, 0.3) is 0 Å². The molecule has 0 bridgehead atoms. The smallest absolute Gasteiger partial charge is 0.226 e. The molecule has 0 aliphatic carbocycles. The third-order valence-electron chi connectivity index (χ3n) is 2.65. The van der Waals surface area contributed by atoms with Crippen LogP contribution >= 0.6 is 0 Å². The van der Waals surface area contributed by atoms with Crippen molar-refractivity contribution in [3.63, 3.8) is 0 Å². The van der Waals surface area contributed by atoms with Crippen LogP contribution in [0, 0.1) is 5.92 Å². The highest BCUT2D eigenvalue weighted by Crippen LogP contribution is 2.05. The molecule has 0 spiro atoms. The molecule has 0 aromatic rings. The van der Waals surface area contributed by atoms with E-state index in [1.165, 1.54) is 0 Å². The van der Waals surface area contributed by atoms with Crippen molar-refractivity contribution in [2.45, 2.75) is 26.3 Å². The zero-order valence-corrected chi connectivity index (χ0v) is 10.7. The molecule has 0 rings (SSSR count). The Morgan fingerprint density at radius 3 is 2.13 bits per heavy atom. The largest absolute Gasteiger partial charge is 0.345 e. The highest BCUT2D eigenvalue weighted by Gasteiger charge is 2.20. The van der Waals surface area contributed by atoms with Crippen LogP contribution in [0.5, 0.6) is 0 Å². The van der Waals surface area contributed by atoms with Crippen molar-refractivity contribution in [3.8, 4) is 0 Å². The number of nitrogens with zero attached hydrogens (tertiary/aromatic N) is 2. The van der Waals surface area contributed by atoms with Gasteiger partial charge in [-0.05, 0) is 34.0 Å². The maximum absolute atomic E-state index is 11.8. The fraction of sp³-hybridized carbons (Fsp3) is 0.909. The molecule has 0 aliphatic rings. The Hall–Kier alpha value is -0.610. The Labute approximate surface area is 93.4 Å². The van der Waals surface area contributed by atoms with Crippen molar-refractivity contribution in [1.82, 2.24) is 9.80 Å². The maximum Gasteiger partial charge on any atom is 0.226 e.